The van der Waals surface area contributed by atoms with Crippen LogP contribution in [0.1, 0.15) is 42.5 Å². The third-order valence-corrected chi connectivity index (χ3v) is 7.22. The van der Waals surface area contributed by atoms with E-state index in [0.717, 1.165) is 31.1 Å². The molecule has 8 nitrogen and oxygen atoms in total. The van der Waals surface area contributed by atoms with Gasteiger partial charge in [-0.15, -0.1) is 0 Å². The predicted octanol–water partition coefficient (Wildman–Crippen LogP) is 1.26. The van der Waals surface area contributed by atoms with Gasteiger partial charge in [0.2, 0.25) is 5.95 Å². The summed E-state index contributed by atoms with van der Waals surface area (Å²) in [7, 11) is -3.06. The Morgan fingerprint density at radius 3 is 2.61 bits per heavy atom. The van der Waals surface area contributed by atoms with E-state index in [1.165, 1.54) is 0 Å². The molecule has 1 amide bonds. The first-order chi connectivity index (χ1) is 13.4. The number of hydrogen-bond donors (Lipinski definition) is 3. The molecule has 1 unspecified atom stereocenters. The number of rotatable bonds is 4. The first-order valence-electron chi connectivity index (χ1n) is 9.61. The summed E-state index contributed by atoms with van der Waals surface area (Å²) < 4.78 is 23.3. The Kier molecular flexibility index (Phi) is 5.20. The van der Waals surface area contributed by atoms with Crippen LogP contribution in [-0.4, -0.2) is 59.1 Å². The predicted molar refractivity (Wildman–Crippen MR) is 106 cm³/mol. The van der Waals surface area contributed by atoms with Crippen molar-refractivity contribution in [3.8, 4) is 0 Å². The summed E-state index contributed by atoms with van der Waals surface area (Å²) in [5.41, 5.74) is 0.945. The standard InChI is InChI=1S/C19H24N4O4S/c24-15-6-4-13(5-7-15)22-19-20-10-12-2-1-3-16(17(12)23-19)18(25)21-14-8-9-28(26,27)11-14/h1-3,10,13-15,24H,4-9,11H2,(H,21,25)(H,20,22,23)/t13-,14?,15-. The van der Waals surface area contributed by atoms with Gasteiger partial charge in [0.05, 0.1) is 28.7 Å². The number of aliphatic hydroxyl groups excluding tert-OH is 1. The number of aliphatic hydroxyl groups is 1. The molecule has 3 N–H and O–H groups in total. The average molecular weight is 404 g/mol. The number of nitrogens with zero attached hydrogens (tertiary/aromatic N) is 2. The fraction of sp³-hybridized carbons (Fsp3) is 0.526. The van der Waals surface area contributed by atoms with Crippen molar-refractivity contribution in [1.29, 1.82) is 0 Å². The van der Waals surface area contributed by atoms with Crippen molar-refractivity contribution in [2.75, 3.05) is 16.8 Å². The molecule has 1 aliphatic heterocycles. The van der Waals surface area contributed by atoms with Crippen molar-refractivity contribution in [1.82, 2.24) is 15.3 Å². The number of amides is 1. The molecule has 1 aromatic carbocycles. The van der Waals surface area contributed by atoms with Crippen LogP contribution in [0.25, 0.3) is 10.9 Å². The molecular weight excluding hydrogens is 380 g/mol. The lowest BCUT2D eigenvalue weighted by Crippen LogP contribution is -2.35. The average Bonchev–Trinajstić information content (AvgIpc) is 3.01. The molecule has 1 saturated carbocycles. The van der Waals surface area contributed by atoms with Crippen molar-refractivity contribution >= 4 is 32.6 Å². The number of benzene rings is 1. The van der Waals surface area contributed by atoms with E-state index in [2.05, 4.69) is 20.6 Å². The van der Waals surface area contributed by atoms with E-state index in [1.807, 2.05) is 6.07 Å². The normalized spacial score (nSPS) is 26.8. The Hall–Kier alpha value is -2.26. The number of aromatic nitrogens is 2. The molecule has 1 atom stereocenters. The van der Waals surface area contributed by atoms with Gasteiger partial charge in [-0.1, -0.05) is 12.1 Å². The van der Waals surface area contributed by atoms with Crippen LogP contribution in [0, 0.1) is 0 Å². The lowest BCUT2D eigenvalue weighted by Gasteiger charge is -2.26. The van der Waals surface area contributed by atoms with Crippen LogP contribution in [-0.2, 0) is 9.84 Å². The fourth-order valence-corrected chi connectivity index (χ4v) is 5.56. The van der Waals surface area contributed by atoms with Gasteiger partial charge in [0.15, 0.2) is 9.84 Å². The van der Waals surface area contributed by atoms with Crippen molar-refractivity contribution in [2.45, 2.75) is 50.3 Å². The number of nitrogens with one attached hydrogen (secondary N) is 2. The molecule has 2 heterocycles. The minimum absolute atomic E-state index is 0.0151. The molecule has 28 heavy (non-hydrogen) atoms. The highest BCUT2D eigenvalue weighted by molar-refractivity contribution is 7.91. The third kappa shape index (κ3) is 4.25. The first kappa shape index (κ1) is 19.1. The molecule has 2 fully saturated rings. The van der Waals surface area contributed by atoms with E-state index in [1.54, 1.807) is 18.3 Å². The summed E-state index contributed by atoms with van der Waals surface area (Å²) in [6.45, 7) is 0. The molecule has 1 aromatic heterocycles. The van der Waals surface area contributed by atoms with E-state index in [4.69, 9.17) is 0 Å². The van der Waals surface area contributed by atoms with E-state index >= 15 is 0 Å². The van der Waals surface area contributed by atoms with Gasteiger partial charge in [0, 0.05) is 23.7 Å². The first-order valence-corrected chi connectivity index (χ1v) is 11.4. The van der Waals surface area contributed by atoms with Crippen LogP contribution >= 0.6 is 0 Å². The quantitative estimate of drug-likeness (QED) is 0.701. The molecule has 1 saturated heterocycles. The van der Waals surface area contributed by atoms with Gasteiger partial charge in [-0.3, -0.25) is 4.79 Å². The second kappa shape index (κ2) is 7.63. The molecule has 150 valence electrons. The Labute approximate surface area is 163 Å². The molecule has 9 heteroatoms. The number of carbonyl (C=O) groups is 1. The lowest BCUT2D eigenvalue weighted by molar-refractivity contribution is 0.0942. The fourth-order valence-electron chi connectivity index (χ4n) is 3.88. The van der Waals surface area contributed by atoms with Gasteiger partial charge in [0.25, 0.3) is 5.91 Å². The SMILES string of the molecule is O=C(NC1CCS(=O)(=O)C1)c1cccc2cnc(N[C@H]3CC[C@H](O)CC3)nc12. The molecule has 4 rings (SSSR count). The van der Waals surface area contributed by atoms with E-state index in [0.29, 0.717) is 23.4 Å². The number of carbonyl (C=O) groups excluding carboxylic acids is 1. The third-order valence-electron chi connectivity index (χ3n) is 5.45. The Bertz CT molecular complexity index is 987. The number of fused-ring (bicyclic) bond motifs is 1. The number of hydrogen-bond acceptors (Lipinski definition) is 7. The maximum atomic E-state index is 12.7. The van der Waals surface area contributed by atoms with Gasteiger partial charge < -0.3 is 15.7 Å². The molecule has 0 radical (unpaired) electrons. The summed E-state index contributed by atoms with van der Waals surface area (Å²) in [5.74, 6) is 0.231. The second-order valence-corrected chi connectivity index (χ2v) is 9.89. The maximum absolute atomic E-state index is 12.7. The van der Waals surface area contributed by atoms with Crippen LogP contribution in [0.2, 0.25) is 0 Å². The maximum Gasteiger partial charge on any atom is 0.253 e. The van der Waals surface area contributed by atoms with Gasteiger partial charge >= 0.3 is 0 Å². The minimum atomic E-state index is -3.06. The zero-order chi connectivity index (χ0) is 19.7. The Morgan fingerprint density at radius 2 is 1.89 bits per heavy atom. The highest BCUT2D eigenvalue weighted by Gasteiger charge is 2.29. The molecular formula is C19H24N4O4S. The highest BCUT2D eigenvalue weighted by atomic mass is 32.2. The summed E-state index contributed by atoms with van der Waals surface area (Å²) in [4.78, 5) is 21.6. The summed E-state index contributed by atoms with van der Waals surface area (Å²) in [6.07, 6.45) is 5.09. The molecule has 1 aliphatic carbocycles. The van der Waals surface area contributed by atoms with Crippen LogP contribution in [0.5, 0.6) is 0 Å². The van der Waals surface area contributed by atoms with E-state index in [-0.39, 0.29) is 35.6 Å². The van der Waals surface area contributed by atoms with Gasteiger partial charge in [-0.05, 0) is 38.2 Å². The van der Waals surface area contributed by atoms with Crippen LogP contribution < -0.4 is 10.6 Å². The van der Waals surface area contributed by atoms with Gasteiger partial charge in [0.1, 0.15) is 0 Å². The van der Waals surface area contributed by atoms with Crippen LogP contribution in [0.3, 0.4) is 0 Å². The van der Waals surface area contributed by atoms with Crippen molar-refractivity contribution < 1.29 is 18.3 Å². The minimum Gasteiger partial charge on any atom is -0.393 e. The Morgan fingerprint density at radius 1 is 1.11 bits per heavy atom. The van der Waals surface area contributed by atoms with Gasteiger partial charge in [-0.25, -0.2) is 18.4 Å². The molecule has 2 aromatic rings. The zero-order valence-corrected chi connectivity index (χ0v) is 16.3. The van der Waals surface area contributed by atoms with E-state index in [9.17, 15) is 18.3 Å². The number of para-hydroxylation sites is 1. The summed E-state index contributed by atoms with van der Waals surface area (Å²) in [5, 5.41) is 16.5. The van der Waals surface area contributed by atoms with Crippen LogP contribution in [0.15, 0.2) is 24.4 Å². The Balaban J connectivity index is 1.54. The van der Waals surface area contributed by atoms with Crippen molar-refractivity contribution in [3.05, 3.63) is 30.0 Å². The highest BCUT2D eigenvalue weighted by Crippen LogP contribution is 2.23. The second-order valence-electron chi connectivity index (χ2n) is 7.66. The van der Waals surface area contributed by atoms with Crippen molar-refractivity contribution in [2.24, 2.45) is 0 Å². The molecule has 0 spiro atoms. The van der Waals surface area contributed by atoms with E-state index < -0.39 is 9.84 Å². The number of sulfone groups is 1. The monoisotopic (exact) mass is 404 g/mol. The largest absolute Gasteiger partial charge is 0.393 e. The zero-order valence-electron chi connectivity index (χ0n) is 15.5. The van der Waals surface area contributed by atoms with Crippen molar-refractivity contribution in [3.63, 3.8) is 0 Å². The molecule has 2 aliphatic rings. The topological polar surface area (TPSA) is 121 Å². The summed E-state index contributed by atoms with van der Waals surface area (Å²) in [6, 6.07) is 5.13. The van der Waals surface area contributed by atoms with Crippen LogP contribution in [0.4, 0.5) is 5.95 Å². The number of anilines is 1. The lowest BCUT2D eigenvalue weighted by atomic mass is 9.93. The molecule has 0 bridgehead atoms. The van der Waals surface area contributed by atoms with Gasteiger partial charge in [-0.2, -0.15) is 0 Å². The summed E-state index contributed by atoms with van der Waals surface area (Å²) >= 11 is 0. The smallest absolute Gasteiger partial charge is 0.253 e.